The number of aliphatic hydroxyl groups is 1. The van der Waals surface area contributed by atoms with Gasteiger partial charge in [0.2, 0.25) is 10.0 Å². The predicted octanol–water partition coefficient (Wildman–Crippen LogP) is 1.71. The number of aromatic nitrogens is 2. The van der Waals surface area contributed by atoms with Crippen molar-refractivity contribution in [1.82, 2.24) is 14.7 Å². The van der Waals surface area contributed by atoms with E-state index >= 15 is 0 Å². The number of benzene rings is 1. The highest BCUT2D eigenvalue weighted by atomic mass is 32.2. The Labute approximate surface area is 132 Å². The SMILES string of the molecule is O=S(=O)(NCC(O)c1ccccc1F)c1c[nH]c2ncccc12. The maximum atomic E-state index is 13.6. The van der Waals surface area contributed by atoms with Gasteiger partial charge in [-0.2, -0.15) is 0 Å². The monoisotopic (exact) mass is 335 g/mol. The maximum absolute atomic E-state index is 13.6. The number of halogens is 1. The van der Waals surface area contributed by atoms with Gasteiger partial charge in [-0.1, -0.05) is 18.2 Å². The molecule has 23 heavy (non-hydrogen) atoms. The van der Waals surface area contributed by atoms with Crippen LogP contribution >= 0.6 is 0 Å². The Hall–Kier alpha value is -2.29. The summed E-state index contributed by atoms with van der Waals surface area (Å²) in [6, 6.07) is 8.93. The van der Waals surface area contributed by atoms with Crippen molar-refractivity contribution in [2.45, 2.75) is 11.0 Å². The lowest BCUT2D eigenvalue weighted by molar-refractivity contribution is 0.177. The first-order valence-corrected chi connectivity index (χ1v) is 8.31. The number of nitrogens with zero attached hydrogens (tertiary/aromatic N) is 1. The van der Waals surface area contributed by atoms with Gasteiger partial charge in [-0.3, -0.25) is 0 Å². The molecule has 3 aromatic rings. The van der Waals surface area contributed by atoms with Gasteiger partial charge in [0.1, 0.15) is 16.4 Å². The summed E-state index contributed by atoms with van der Waals surface area (Å²) in [7, 11) is -3.86. The molecule has 0 saturated carbocycles. The van der Waals surface area contributed by atoms with Gasteiger partial charge < -0.3 is 10.1 Å². The van der Waals surface area contributed by atoms with Crippen LogP contribution < -0.4 is 4.72 Å². The van der Waals surface area contributed by atoms with Crippen molar-refractivity contribution in [3.8, 4) is 0 Å². The lowest BCUT2D eigenvalue weighted by Crippen LogP contribution is -2.28. The first kappa shape index (κ1) is 15.6. The second-order valence-electron chi connectivity index (χ2n) is 4.94. The molecule has 120 valence electrons. The van der Waals surface area contributed by atoms with Crippen LogP contribution in [0.25, 0.3) is 11.0 Å². The Morgan fingerprint density at radius 3 is 2.83 bits per heavy atom. The number of hydrogen-bond acceptors (Lipinski definition) is 4. The van der Waals surface area contributed by atoms with E-state index in [9.17, 15) is 17.9 Å². The fourth-order valence-corrected chi connectivity index (χ4v) is 3.48. The Morgan fingerprint density at radius 2 is 2.04 bits per heavy atom. The van der Waals surface area contributed by atoms with Gasteiger partial charge in [0.25, 0.3) is 0 Å². The van der Waals surface area contributed by atoms with Crippen molar-refractivity contribution < 1.29 is 17.9 Å². The zero-order valence-electron chi connectivity index (χ0n) is 11.9. The van der Waals surface area contributed by atoms with Crippen molar-refractivity contribution in [3.05, 3.63) is 60.2 Å². The lowest BCUT2D eigenvalue weighted by Gasteiger charge is -2.13. The molecule has 1 unspecified atom stereocenters. The van der Waals surface area contributed by atoms with Crippen molar-refractivity contribution in [2.24, 2.45) is 0 Å². The molecule has 0 aliphatic carbocycles. The van der Waals surface area contributed by atoms with Crippen LogP contribution in [0.15, 0.2) is 53.7 Å². The van der Waals surface area contributed by atoms with Crippen LogP contribution in [0, 0.1) is 5.82 Å². The molecule has 1 atom stereocenters. The highest BCUT2D eigenvalue weighted by Gasteiger charge is 2.21. The summed E-state index contributed by atoms with van der Waals surface area (Å²) in [4.78, 5) is 6.82. The van der Waals surface area contributed by atoms with E-state index in [1.54, 1.807) is 24.4 Å². The summed E-state index contributed by atoms with van der Waals surface area (Å²) in [5.74, 6) is -0.588. The van der Waals surface area contributed by atoms with Crippen LogP contribution in [0.4, 0.5) is 4.39 Å². The highest BCUT2D eigenvalue weighted by molar-refractivity contribution is 7.89. The third-order valence-corrected chi connectivity index (χ3v) is 4.90. The molecule has 2 heterocycles. The molecule has 0 saturated heterocycles. The number of aromatic amines is 1. The Balaban J connectivity index is 1.81. The topological polar surface area (TPSA) is 95.1 Å². The second kappa shape index (κ2) is 6.07. The van der Waals surface area contributed by atoms with Gasteiger partial charge in [0.15, 0.2) is 0 Å². The summed E-state index contributed by atoms with van der Waals surface area (Å²) in [5, 5.41) is 10.4. The molecular formula is C15H14FN3O3S. The quantitative estimate of drug-likeness (QED) is 0.661. The maximum Gasteiger partial charge on any atom is 0.242 e. The van der Waals surface area contributed by atoms with E-state index in [1.165, 1.54) is 24.4 Å². The summed E-state index contributed by atoms with van der Waals surface area (Å²) >= 11 is 0. The predicted molar refractivity (Wildman–Crippen MR) is 82.6 cm³/mol. The van der Waals surface area contributed by atoms with Crippen molar-refractivity contribution in [2.75, 3.05) is 6.54 Å². The van der Waals surface area contributed by atoms with Gasteiger partial charge in [-0.25, -0.2) is 22.5 Å². The summed E-state index contributed by atoms with van der Waals surface area (Å²) in [6.07, 6.45) is 1.59. The molecule has 6 nitrogen and oxygen atoms in total. The van der Waals surface area contributed by atoms with E-state index in [4.69, 9.17) is 0 Å². The minimum absolute atomic E-state index is 0.0290. The molecule has 0 aliphatic rings. The van der Waals surface area contributed by atoms with Gasteiger partial charge in [-0.05, 0) is 18.2 Å². The smallest absolute Gasteiger partial charge is 0.242 e. The molecule has 0 bridgehead atoms. The molecule has 0 fully saturated rings. The Kier molecular flexibility index (Phi) is 4.12. The van der Waals surface area contributed by atoms with Gasteiger partial charge in [0, 0.05) is 29.9 Å². The lowest BCUT2D eigenvalue weighted by atomic mass is 10.1. The molecule has 3 N–H and O–H groups in total. The molecule has 2 aromatic heterocycles. The van der Waals surface area contributed by atoms with Gasteiger partial charge >= 0.3 is 0 Å². The standard InChI is InChI=1S/C15H14FN3O3S/c16-12-6-2-1-4-10(12)13(20)8-19-23(21,22)14-9-18-15-11(14)5-3-7-17-15/h1-7,9,13,19-20H,8H2,(H,17,18). The first-order valence-electron chi connectivity index (χ1n) is 6.83. The Morgan fingerprint density at radius 1 is 1.26 bits per heavy atom. The average Bonchev–Trinajstić information content (AvgIpc) is 2.98. The van der Waals surface area contributed by atoms with Crippen molar-refractivity contribution in [1.29, 1.82) is 0 Å². The van der Waals surface area contributed by atoms with E-state index in [2.05, 4.69) is 14.7 Å². The third-order valence-electron chi connectivity index (χ3n) is 3.43. The largest absolute Gasteiger partial charge is 0.387 e. The zero-order chi connectivity index (χ0) is 16.4. The number of sulfonamides is 1. The number of fused-ring (bicyclic) bond motifs is 1. The molecule has 1 aromatic carbocycles. The molecule has 8 heteroatoms. The molecule has 3 rings (SSSR count). The number of pyridine rings is 1. The minimum atomic E-state index is -3.86. The third kappa shape index (κ3) is 3.09. The number of aliphatic hydroxyl groups excluding tert-OH is 1. The first-order chi connectivity index (χ1) is 11.0. The fourth-order valence-electron chi connectivity index (χ4n) is 2.27. The van der Waals surface area contributed by atoms with Crippen LogP contribution in [0.3, 0.4) is 0 Å². The zero-order valence-corrected chi connectivity index (χ0v) is 12.7. The molecule has 0 amide bonds. The normalized spacial score (nSPS) is 13.3. The van der Waals surface area contributed by atoms with Gasteiger partial charge in [-0.15, -0.1) is 0 Å². The summed E-state index contributed by atoms with van der Waals surface area (Å²) in [6.45, 7) is -0.337. The molecular weight excluding hydrogens is 321 g/mol. The summed E-state index contributed by atoms with van der Waals surface area (Å²) in [5.41, 5.74) is 0.485. The van der Waals surface area contributed by atoms with Crippen molar-refractivity contribution in [3.63, 3.8) is 0 Å². The van der Waals surface area contributed by atoms with E-state index in [1.807, 2.05) is 0 Å². The van der Waals surface area contributed by atoms with Crippen LogP contribution in [0.2, 0.25) is 0 Å². The van der Waals surface area contributed by atoms with E-state index < -0.39 is 21.9 Å². The molecule has 0 radical (unpaired) electrons. The van der Waals surface area contributed by atoms with E-state index in [0.29, 0.717) is 11.0 Å². The Bertz CT molecular complexity index is 940. The van der Waals surface area contributed by atoms with E-state index in [-0.39, 0.29) is 17.0 Å². The van der Waals surface area contributed by atoms with Gasteiger partial charge in [0.05, 0.1) is 6.10 Å². The minimum Gasteiger partial charge on any atom is -0.387 e. The number of rotatable bonds is 5. The number of hydrogen-bond donors (Lipinski definition) is 3. The van der Waals surface area contributed by atoms with Crippen molar-refractivity contribution >= 4 is 21.1 Å². The van der Waals surface area contributed by atoms with Crippen LogP contribution in [0.1, 0.15) is 11.7 Å². The van der Waals surface area contributed by atoms with Crippen LogP contribution in [-0.2, 0) is 10.0 Å². The fraction of sp³-hybridized carbons (Fsp3) is 0.133. The second-order valence-corrected chi connectivity index (χ2v) is 6.68. The molecule has 0 spiro atoms. The van der Waals surface area contributed by atoms with Crippen LogP contribution in [0.5, 0.6) is 0 Å². The molecule has 0 aliphatic heterocycles. The van der Waals surface area contributed by atoms with Crippen LogP contribution in [-0.4, -0.2) is 30.0 Å². The average molecular weight is 335 g/mol. The number of nitrogens with one attached hydrogen (secondary N) is 2. The highest BCUT2D eigenvalue weighted by Crippen LogP contribution is 2.21. The van der Waals surface area contributed by atoms with E-state index in [0.717, 1.165) is 0 Å². The summed E-state index contributed by atoms with van der Waals surface area (Å²) < 4.78 is 40.6. The number of H-pyrrole nitrogens is 1.